The molecule has 0 unspecified atom stereocenters. The van der Waals surface area contributed by atoms with E-state index >= 15 is 0 Å². The molecule has 0 atom stereocenters. The molecule has 0 saturated heterocycles. The summed E-state index contributed by atoms with van der Waals surface area (Å²) in [5.74, 6) is 5.97. The molecule has 25 heavy (non-hydrogen) atoms. The summed E-state index contributed by atoms with van der Waals surface area (Å²) < 4.78 is 0. The first-order valence-electron chi connectivity index (χ1n) is 10.7. The first-order chi connectivity index (χ1) is 12.2. The highest BCUT2D eigenvalue weighted by atomic mass is 16.6. The van der Waals surface area contributed by atoms with Gasteiger partial charge in [-0.2, -0.15) is 0 Å². The van der Waals surface area contributed by atoms with Gasteiger partial charge in [-0.1, -0.05) is 84.4 Å². The van der Waals surface area contributed by atoms with Crippen molar-refractivity contribution in [2.75, 3.05) is 0 Å². The zero-order chi connectivity index (χ0) is 18.5. The van der Waals surface area contributed by atoms with Crippen molar-refractivity contribution >= 4 is 0 Å². The average Bonchev–Trinajstić information content (AvgIpc) is 2.65. The van der Waals surface area contributed by atoms with E-state index in [1.54, 1.807) is 0 Å². The molecule has 1 aromatic rings. The van der Waals surface area contributed by atoms with Gasteiger partial charge in [0.25, 0.3) is 0 Å². The van der Waals surface area contributed by atoms with Gasteiger partial charge in [-0.15, -0.1) is 0 Å². The van der Waals surface area contributed by atoms with Crippen LogP contribution < -0.4 is 5.90 Å². The van der Waals surface area contributed by atoms with Crippen molar-refractivity contribution < 1.29 is 4.84 Å². The predicted octanol–water partition coefficient (Wildman–Crippen LogP) is 6.84. The fraction of sp³-hybridized carbons (Fsp3) is 0.739. The molecule has 0 saturated carbocycles. The Labute approximate surface area is 156 Å². The van der Waals surface area contributed by atoms with Crippen LogP contribution in [0.25, 0.3) is 0 Å². The molecule has 0 fully saturated rings. The van der Waals surface area contributed by atoms with Gasteiger partial charge in [0, 0.05) is 0 Å². The zero-order valence-corrected chi connectivity index (χ0v) is 17.2. The minimum Gasteiger partial charge on any atom is -0.293 e. The quantitative estimate of drug-likeness (QED) is 0.374. The molecule has 0 amide bonds. The van der Waals surface area contributed by atoms with E-state index in [4.69, 9.17) is 10.7 Å². The minimum atomic E-state index is -0.308. The lowest BCUT2D eigenvalue weighted by Crippen LogP contribution is -2.34. The first-order valence-corrected chi connectivity index (χ1v) is 10.7. The van der Waals surface area contributed by atoms with Crippen molar-refractivity contribution in [1.29, 1.82) is 0 Å². The molecule has 2 heteroatoms. The summed E-state index contributed by atoms with van der Waals surface area (Å²) >= 11 is 0. The fourth-order valence-electron chi connectivity index (χ4n) is 3.81. The second-order valence-corrected chi connectivity index (χ2v) is 7.47. The van der Waals surface area contributed by atoms with E-state index in [1.807, 2.05) is 0 Å². The number of hydrogen-bond donors (Lipinski definition) is 1. The van der Waals surface area contributed by atoms with Crippen molar-refractivity contribution in [1.82, 2.24) is 0 Å². The van der Waals surface area contributed by atoms with Crippen LogP contribution in [0.3, 0.4) is 0 Å². The van der Waals surface area contributed by atoms with E-state index in [0.29, 0.717) is 0 Å². The number of nitrogens with two attached hydrogens (primary N) is 1. The smallest absolute Gasteiger partial charge is 0.114 e. The highest BCUT2D eigenvalue weighted by molar-refractivity contribution is 5.39. The third-order valence-corrected chi connectivity index (χ3v) is 5.44. The lowest BCUT2D eigenvalue weighted by atomic mass is 9.78. The normalized spacial score (nSPS) is 11.9. The largest absolute Gasteiger partial charge is 0.293 e. The molecule has 0 spiro atoms. The Balaban J connectivity index is 3.33. The van der Waals surface area contributed by atoms with Crippen LogP contribution in [0, 0.1) is 0 Å². The summed E-state index contributed by atoms with van der Waals surface area (Å²) in [6.07, 6.45) is 14.0. The van der Waals surface area contributed by atoms with Gasteiger partial charge in [0.2, 0.25) is 0 Å². The Morgan fingerprint density at radius 3 is 1.88 bits per heavy atom. The molecule has 0 aromatic heterocycles. The lowest BCUT2D eigenvalue weighted by Gasteiger charge is -2.35. The molecule has 0 bridgehead atoms. The van der Waals surface area contributed by atoms with Gasteiger partial charge < -0.3 is 0 Å². The minimum absolute atomic E-state index is 0.308. The van der Waals surface area contributed by atoms with E-state index in [0.717, 1.165) is 32.1 Å². The maximum Gasteiger partial charge on any atom is 0.114 e. The SMILES string of the molecule is CCCCc1cccc(C(CCCC)(CCCC)ON)c1CCCC. The molecule has 0 aliphatic carbocycles. The summed E-state index contributed by atoms with van der Waals surface area (Å²) in [6, 6.07) is 6.84. The topological polar surface area (TPSA) is 35.2 Å². The van der Waals surface area contributed by atoms with Gasteiger partial charge in [-0.3, -0.25) is 4.84 Å². The van der Waals surface area contributed by atoms with Crippen LogP contribution in [0.2, 0.25) is 0 Å². The Morgan fingerprint density at radius 2 is 1.36 bits per heavy atom. The average molecular weight is 348 g/mol. The van der Waals surface area contributed by atoms with Crippen molar-refractivity contribution in [3.8, 4) is 0 Å². The molecule has 2 nitrogen and oxygen atoms in total. The zero-order valence-electron chi connectivity index (χ0n) is 17.2. The molecule has 1 rings (SSSR count). The van der Waals surface area contributed by atoms with Crippen LogP contribution >= 0.6 is 0 Å². The van der Waals surface area contributed by atoms with Gasteiger partial charge in [0.1, 0.15) is 5.60 Å². The van der Waals surface area contributed by atoms with Crippen molar-refractivity contribution in [3.05, 3.63) is 34.9 Å². The monoisotopic (exact) mass is 347 g/mol. The Kier molecular flexibility index (Phi) is 11.1. The van der Waals surface area contributed by atoms with Crippen molar-refractivity contribution in [2.45, 2.75) is 110 Å². The molecule has 144 valence electrons. The summed E-state index contributed by atoms with van der Waals surface area (Å²) in [5.41, 5.74) is 4.11. The molecule has 0 radical (unpaired) electrons. The van der Waals surface area contributed by atoms with Gasteiger partial charge >= 0.3 is 0 Å². The maximum absolute atomic E-state index is 5.97. The number of aryl methyl sites for hydroxylation is 1. The number of benzene rings is 1. The molecule has 2 N–H and O–H groups in total. The summed E-state index contributed by atoms with van der Waals surface area (Å²) in [7, 11) is 0. The van der Waals surface area contributed by atoms with Gasteiger partial charge in [0.15, 0.2) is 0 Å². The number of hydrogen-bond acceptors (Lipinski definition) is 2. The van der Waals surface area contributed by atoms with Crippen LogP contribution in [0.15, 0.2) is 18.2 Å². The molecule has 1 aromatic carbocycles. The second kappa shape index (κ2) is 12.5. The summed E-state index contributed by atoms with van der Waals surface area (Å²) in [4.78, 5) is 5.81. The van der Waals surface area contributed by atoms with Crippen LogP contribution in [0.4, 0.5) is 0 Å². The maximum atomic E-state index is 5.97. The van der Waals surface area contributed by atoms with Gasteiger partial charge in [-0.05, 0) is 55.2 Å². The number of unbranched alkanes of at least 4 members (excludes halogenated alkanes) is 4. The van der Waals surface area contributed by atoms with E-state index < -0.39 is 0 Å². The van der Waals surface area contributed by atoms with Crippen LogP contribution in [0.1, 0.15) is 109 Å². The lowest BCUT2D eigenvalue weighted by molar-refractivity contribution is -0.0695. The molecular formula is C23H41NO. The third kappa shape index (κ3) is 6.42. The highest BCUT2D eigenvalue weighted by Gasteiger charge is 2.34. The van der Waals surface area contributed by atoms with Crippen molar-refractivity contribution in [3.63, 3.8) is 0 Å². The number of rotatable bonds is 14. The molecular weight excluding hydrogens is 306 g/mol. The van der Waals surface area contributed by atoms with E-state index in [2.05, 4.69) is 45.9 Å². The Bertz CT molecular complexity index is 461. The second-order valence-electron chi connectivity index (χ2n) is 7.47. The van der Waals surface area contributed by atoms with Crippen molar-refractivity contribution in [2.24, 2.45) is 5.90 Å². The van der Waals surface area contributed by atoms with Gasteiger partial charge in [-0.25, -0.2) is 5.90 Å². The van der Waals surface area contributed by atoms with E-state index in [-0.39, 0.29) is 5.60 Å². The van der Waals surface area contributed by atoms with Crippen LogP contribution in [-0.2, 0) is 23.3 Å². The Hall–Kier alpha value is -0.860. The molecule has 0 heterocycles. The Morgan fingerprint density at radius 1 is 0.800 bits per heavy atom. The van der Waals surface area contributed by atoms with Crippen LogP contribution in [0.5, 0.6) is 0 Å². The van der Waals surface area contributed by atoms with Crippen LogP contribution in [-0.4, -0.2) is 0 Å². The molecule has 0 aliphatic rings. The van der Waals surface area contributed by atoms with Gasteiger partial charge in [0.05, 0.1) is 0 Å². The third-order valence-electron chi connectivity index (χ3n) is 5.44. The summed E-state index contributed by atoms with van der Waals surface area (Å²) in [5, 5.41) is 0. The first kappa shape index (κ1) is 22.2. The summed E-state index contributed by atoms with van der Waals surface area (Å²) in [6.45, 7) is 9.04. The fourth-order valence-corrected chi connectivity index (χ4v) is 3.81. The van der Waals surface area contributed by atoms with E-state index in [1.165, 1.54) is 61.6 Å². The predicted molar refractivity (Wildman–Crippen MR) is 110 cm³/mol. The standard InChI is InChI=1S/C23H41NO/c1-5-9-14-20-15-13-17-22(21(20)16-10-6-2)23(25-24,18-11-7-3)19-12-8-4/h13,15,17H,5-12,14,16,18-19,24H2,1-4H3. The van der Waals surface area contributed by atoms with E-state index in [9.17, 15) is 0 Å². The highest BCUT2D eigenvalue weighted by Crippen LogP contribution is 2.39. The molecule has 0 aliphatic heterocycles.